The lowest BCUT2D eigenvalue weighted by Crippen LogP contribution is -1.92. The van der Waals surface area contributed by atoms with Gasteiger partial charge >= 0.3 is 0 Å². The molecule has 2 aromatic rings. The zero-order chi connectivity index (χ0) is 12.3. The molecule has 1 heterocycles. The van der Waals surface area contributed by atoms with E-state index < -0.39 is 4.92 Å². The second kappa shape index (κ2) is 4.71. The number of non-ortho nitro benzene ring substituents is 1. The second-order valence-corrected chi connectivity index (χ2v) is 3.96. The van der Waals surface area contributed by atoms with E-state index >= 15 is 0 Å². The van der Waals surface area contributed by atoms with Crippen LogP contribution >= 0.6 is 11.3 Å². The van der Waals surface area contributed by atoms with Crippen LogP contribution in [-0.4, -0.2) is 16.3 Å². The van der Waals surface area contributed by atoms with Crippen molar-refractivity contribution in [2.45, 2.75) is 0 Å². The number of nitrogens with one attached hydrogen (secondary N) is 1. The molecule has 1 N–H and O–H groups in total. The minimum absolute atomic E-state index is 0.0372. The van der Waals surface area contributed by atoms with Gasteiger partial charge in [-0.15, -0.1) is 11.3 Å². The van der Waals surface area contributed by atoms with Crippen molar-refractivity contribution in [2.24, 2.45) is 0 Å². The van der Waals surface area contributed by atoms with Crippen LogP contribution in [0.3, 0.4) is 0 Å². The number of carbonyl (C=O) groups excluding carboxylic acids is 1. The van der Waals surface area contributed by atoms with Crippen LogP contribution in [0.5, 0.6) is 0 Å². The number of thiazole rings is 1. The lowest BCUT2D eigenvalue weighted by Gasteiger charge is -1.95. The molecule has 7 heteroatoms. The summed E-state index contributed by atoms with van der Waals surface area (Å²) in [7, 11) is 0. The summed E-state index contributed by atoms with van der Waals surface area (Å²) in [5, 5.41) is 15.2. The van der Waals surface area contributed by atoms with Crippen molar-refractivity contribution in [3.63, 3.8) is 0 Å². The minimum Gasteiger partial charge on any atom is -0.305 e. The molecule has 0 unspecified atom stereocenters. The van der Waals surface area contributed by atoms with Gasteiger partial charge in [0.2, 0.25) is 6.41 Å². The highest BCUT2D eigenvalue weighted by Gasteiger charge is 2.07. The fourth-order valence-electron chi connectivity index (χ4n) is 1.28. The Kier molecular flexibility index (Phi) is 3.10. The van der Waals surface area contributed by atoms with Crippen molar-refractivity contribution in [1.82, 2.24) is 4.98 Å². The van der Waals surface area contributed by atoms with Gasteiger partial charge in [-0.25, -0.2) is 4.98 Å². The summed E-state index contributed by atoms with van der Waals surface area (Å²) < 4.78 is 0. The van der Waals surface area contributed by atoms with Gasteiger partial charge in [-0.1, -0.05) is 0 Å². The highest BCUT2D eigenvalue weighted by Crippen LogP contribution is 2.25. The maximum absolute atomic E-state index is 10.5. The van der Waals surface area contributed by atoms with Crippen LogP contribution in [-0.2, 0) is 4.79 Å². The summed E-state index contributed by atoms with van der Waals surface area (Å²) in [5.74, 6) is 0. The molecule has 86 valence electrons. The van der Waals surface area contributed by atoms with Gasteiger partial charge in [-0.05, 0) is 12.1 Å². The molecular weight excluding hydrogens is 242 g/mol. The molecule has 0 atom stereocenters. The molecule has 1 aromatic heterocycles. The number of rotatable bonds is 4. The molecular formula is C10H7N3O3S. The first-order chi connectivity index (χ1) is 8.20. The molecule has 0 aliphatic rings. The lowest BCUT2D eigenvalue weighted by molar-refractivity contribution is -0.384. The fraction of sp³-hybridized carbons (Fsp3) is 0. The first kappa shape index (κ1) is 11.2. The van der Waals surface area contributed by atoms with E-state index in [-0.39, 0.29) is 5.69 Å². The van der Waals surface area contributed by atoms with Crippen molar-refractivity contribution < 1.29 is 9.72 Å². The Hall–Kier alpha value is -2.28. The number of benzene rings is 1. The average molecular weight is 249 g/mol. The maximum Gasteiger partial charge on any atom is 0.269 e. The molecule has 17 heavy (non-hydrogen) atoms. The Morgan fingerprint density at radius 1 is 1.35 bits per heavy atom. The summed E-state index contributed by atoms with van der Waals surface area (Å²) in [6, 6.07) is 6.08. The minimum atomic E-state index is -0.454. The largest absolute Gasteiger partial charge is 0.305 e. The molecule has 1 amide bonds. The van der Waals surface area contributed by atoms with E-state index in [1.54, 1.807) is 17.5 Å². The Labute approximate surface area is 100 Å². The van der Waals surface area contributed by atoms with Crippen molar-refractivity contribution in [3.05, 3.63) is 39.8 Å². The van der Waals surface area contributed by atoms with Crippen LogP contribution < -0.4 is 5.32 Å². The zero-order valence-electron chi connectivity index (χ0n) is 8.49. The molecule has 1 aromatic carbocycles. The van der Waals surface area contributed by atoms with Gasteiger partial charge in [0, 0.05) is 23.1 Å². The van der Waals surface area contributed by atoms with Crippen molar-refractivity contribution in [2.75, 3.05) is 5.32 Å². The number of hydrogen-bond donors (Lipinski definition) is 1. The summed E-state index contributed by atoms with van der Waals surface area (Å²) >= 11 is 1.29. The molecule has 6 nitrogen and oxygen atoms in total. The average Bonchev–Trinajstić information content (AvgIpc) is 2.78. The van der Waals surface area contributed by atoms with E-state index in [1.807, 2.05) is 0 Å². The molecule has 0 radical (unpaired) electrons. The normalized spacial score (nSPS) is 9.88. The second-order valence-electron chi connectivity index (χ2n) is 3.10. The number of carbonyl (C=O) groups is 1. The van der Waals surface area contributed by atoms with Crippen molar-refractivity contribution in [1.29, 1.82) is 0 Å². The molecule has 0 saturated heterocycles. The lowest BCUT2D eigenvalue weighted by atomic mass is 10.1. The molecule has 0 aliphatic carbocycles. The molecule has 0 saturated carbocycles. The maximum atomic E-state index is 10.5. The van der Waals surface area contributed by atoms with E-state index in [1.165, 1.54) is 23.5 Å². The number of anilines is 1. The Balaban J connectivity index is 2.26. The van der Waals surface area contributed by atoms with Crippen LogP contribution in [0.25, 0.3) is 11.3 Å². The molecule has 0 fully saturated rings. The van der Waals surface area contributed by atoms with E-state index in [0.717, 1.165) is 5.56 Å². The van der Waals surface area contributed by atoms with Crippen LogP contribution in [0.1, 0.15) is 0 Å². The van der Waals surface area contributed by atoms with Gasteiger partial charge in [0.05, 0.1) is 10.6 Å². The van der Waals surface area contributed by atoms with Gasteiger partial charge in [0.1, 0.15) is 0 Å². The summed E-state index contributed by atoms with van der Waals surface area (Å²) in [5.41, 5.74) is 1.48. The Morgan fingerprint density at radius 2 is 2.06 bits per heavy atom. The number of hydrogen-bond acceptors (Lipinski definition) is 5. The van der Waals surface area contributed by atoms with Gasteiger partial charge in [-0.3, -0.25) is 14.9 Å². The quantitative estimate of drug-likeness (QED) is 0.511. The van der Waals surface area contributed by atoms with Crippen molar-refractivity contribution >= 4 is 28.6 Å². The van der Waals surface area contributed by atoms with E-state index in [9.17, 15) is 14.9 Å². The summed E-state index contributed by atoms with van der Waals surface area (Å²) in [4.78, 5) is 24.4. The van der Waals surface area contributed by atoms with Crippen LogP contribution in [0.4, 0.5) is 10.8 Å². The highest BCUT2D eigenvalue weighted by atomic mass is 32.1. The SMILES string of the molecule is O=CNc1nc(-c2ccc([N+](=O)[O-])cc2)cs1. The van der Waals surface area contributed by atoms with Gasteiger partial charge in [-0.2, -0.15) is 0 Å². The Morgan fingerprint density at radius 3 is 2.65 bits per heavy atom. The molecule has 0 aliphatic heterocycles. The Bertz CT molecular complexity index is 550. The van der Waals surface area contributed by atoms with E-state index in [0.29, 0.717) is 17.2 Å². The summed E-state index contributed by atoms with van der Waals surface area (Å²) in [6.07, 6.45) is 0.554. The van der Waals surface area contributed by atoms with E-state index in [2.05, 4.69) is 10.3 Å². The molecule has 0 bridgehead atoms. The van der Waals surface area contributed by atoms with Gasteiger partial charge < -0.3 is 5.32 Å². The predicted octanol–water partition coefficient (Wildman–Crippen LogP) is 2.29. The topological polar surface area (TPSA) is 85.1 Å². The third-order valence-corrected chi connectivity index (χ3v) is 2.83. The number of aromatic nitrogens is 1. The van der Waals surface area contributed by atoms with Crippen molar-refractivity contribution in [3.8, 4) is 11.3 Å². The van der Waals surface area contributed by atoms with E-state index in [4.69, 9.17) is 0 Å². The third-order valence-electron chi connectivity index (χ3n) is 2.06. The molecule has 2 rings (SSSR count). The van der Waals surface area contributed by atoms with Gasteiger partial charge in [0.15, 0.2) is 5.13 Å². The monoisotopic (exact) mass is 249 g/mol. The summed E-state index contributed by atoms with van der Waals surface area (Å²) in [6.45, 7) is 0. The van der Waals surface area contributed by atoms with Crippen LogP contribution in [0, 0.1) is 10.1 Å². The standard InChI is InChI=1S/C10H7N3O3S/c14-6-11-10-12-9(5-17-10)7-1-3-8(4-2-7)13(15)16/h1-6H,(H,11,12,14). The predicted molar refractivity (Wildman–Crippen MR) is 63.9 cm³/mol. The first-order valence-corrected chi connectivity index (χ1v) is 5.49. The fourth-order valence-corrected chi connectivity index (χ4v) is 1.96. The first-order valence-electron chi connectivity index (χ1n) is 4.61. The number of nitro groups is 1. The number of nitro benzene ring substituents is 1. The highest BCUT2D eigenvalue weighted by molar-refractivity contribution is 7.14. The number of amides is 1. The van der Waals surface area contributed by atoms with Crippen LogP contribution in [0.15, 0.2) is 29.6 Å². The number of nitrogens with zero attached hydrogens (tertiary/aromatic N) is 2. The zero-order valence-corrected chi connectivity index (χ0v) is 9.31. The van der Waals surface area contributed by atoms with Gasteiger partial charge in [0.25, 0.3) is 5.69 Å². The third kappa shape index (κ3) is 2.45. The van der Waals surface area contributed by atoms with Crippen LogP contribution in [0.2, 0.25) is 0 Å². The molecule has 0 spiro atoms. The smallest absolute Gasteiger partial charge is 0.269 e.